The van der Waals surface area contributed by atoms with E-state index in [1.807, 2.05) is 13.2 Å². The molecule has 1 rings (SSSR count). The van der Waals surface area contributed by atoms with Crippen LogP contribution in [0.4, 0.5) is 0 Å². The maximum absolute atomic E-state index is 12.0. The summed E-state index contributed by atoms with van der Waals surface area (Å²) in [7, 11) is 0. The number of nitrogens with zero attached hydrogens (tertiary/aromatic N) is 2. The summed E-state index contributed by atoms with van der Waals surface area (Å²) < 4.78 is 1.20. The average molecular weight is 313 g/mol. The van der Waals surface area contributed by atoms with Crippen LogP contribution in [0.5, 0.6) is 0 Å². The topological polar surface area (TPSA) is 101 Å². The molecule has 2 N–H and O–H groups in total. The zero-order valence-corrected chi connectivity index (χ0v) is 12.9. The van der Waals surface area contributed by atoms with Gasteiger partial charge in [0.1, 0.15) is 11.7 Å². The molecule has 0 saturated carbocycles. The Bertz CT molecular complexity index is 559. The molecule has 1 aromatic heterocycles. The van der Waals surface area contributed by atoms with Gasteiger partial charge in [0, 0.05) is 12.6 Å². The van der Waals surface area contributed by atoms with E-state index in [9.17, 15) is 14.4 Å². The highest BCUT2D eigenvalue weighted by molar-refractivity contribution is 7.98. The summed E-state index contributed by atoms with van der Waals surface area (Å²) in [4.78, 5) is 34.7. The maximum atomic E-state index is 12.0. The summed E-state index contributed by atoms with van der Waals surface area (Å²) in [6.07, 6.45) is 2.91. The number of hydrogen-bond donors (Lipinski definition) is 2. The molecule has 0 radical (unpaired) electrons. The minimum absolute atomic E-state index is 0.0402. The average Bonchev–Trinajstić information content (AvgIpc) is 2.45. The van der Waals surface area contributed by atoms with Crippen LogP contribution in [0.15, 0.2) is 16.9 Å². The highest BCUT2D eigenvalue weighted by Gasteiger charge is 2.21. The largest absolute Gasteiger partial charge is 0.480 e. The Kier molecular flexibility index (Phi) is 6.93. The van der Waals surface area contributed by atoms with Crippen LogP contribution >= 0.6 is 11.8 Å². The van der Waals surface area contributed by atoms with E-state index in [1.54, 1.807) is 0 Å². The number of carbonyl (C=O) groups is 2. The van der Waals surface area contributed by atoms with Crippen LogP contribution in [0.25, 0.3) is 0 Å². The highest BCUT2D eigenvalue weighted by atomic mass is 32.2. The Balaban J connectivity index is 2.84. The molecule has 116 valence electrons. The molecule has 0 spiro atoms. The van der Waals surface area contributed by atoms with Crippen molar-refractivity contribution in [1.29, 1.82) is 0 Å². The lowest BCUT2D eigenvalue weighted by atomic mass is 10.2. The molecule has 1 atom stereocenters. The molecule has 0 saturated heterocycles. The Morgan fingerprint density at radius 1 is 1.48 bits per heavy atom. The number of carboxylic acid groups (broad SMARTS) is 1. The Morgan fingerprint density at radius 3 is 2.76 bits per heavy atom. The minimum Gasteiger partial charge on any atom is -0.480 e. The molecular formula is C13H19N3O4S. The summed E-state index contributed by atoms with van der Waals surface area (Å²) in [6, 6.07) is 1.60. The fraction of sp³-hybridized carbons (Fsp3) is 0.538. The van der Waals surface area contributed by atoms with E-state index in [1.165, 1.54) is 28.6 Å². The van der Waals surface area contributed by atoms with Gasteiger partial charge in [0.05, 0.1) is 0 Å². The van der Waals surface area contributed by atoms with Gasteiger partial charge in [-0.25, -0.2) is 9.48 Å². The normalized spacial score (nSPS) is 11.9. The van der Waals surface area contributed by atoms with Crippen LogP contribution in [0.3, 0.4) is 0 Å². The second-order valence-electron chi connectivity index (χ2n) is 4.43. The van der Waals surface area contributed by atoms with Gasteiger partial charge in [-0.2, -0.15) is 16.9 Å². The number of aromatic nitrogens is 2. The third kappa shape index (κ3) is 5.22. The number of aryl methyl sites for hydroxylation is 1. The van der Waals surface area contributed by atoms with E-state index in [4.69, 9.17) is 5.11 Å². The second-order valence-corrected chi connectivity index (χ2v) is 5.41. The third-order valence-electron chi connectivity index (χ3n) is 2.75. The van der Waals surface area contributed by atoms with E-state index in [0.29, 0.717) is 25.1 Å². The van der Waals surface area contributed by atoms with Crippen molar-refractivity contribution in [3.63, 3.8) is 0 Å². The van der Waals surface area contributed by atoms with Crippen molar-refractivity contribution < 1.29 is 14.7 Å². The van der Waals surface area contributed by atoms with Crippen molar-refractivity contribution >= 4 is 23.6 Å². The minimum atomic E-state index is -1.08. The SMILES string of the molecule is CCCn1nc(C(=O)N[C@@H](CCSC)C(=O)O)ccc1=O. The number of thioether (sulfide) groups is 1. The number of rotatable bonds is 8. The Hall–Kier alpha value is -1.83. The number of nitrogens with one attached hydrogen (secondary N) is 1. The first-order valence-electron chi connectivity index (χ1n) is 6.60. The van der Waals surface area contributed by atoms with Crippen molar-refractivity contribution in [2.24, 2.45) is 0 Å². The smallest absolute Gasteiger partial charge is 0.326 e. The first-order valence-corrected chi connectivity index (χ1v) is 7.99. The molecule has 1 amide bonds. The fourth-order valence-electron chi connectivity index (χ4n) is 1.67. The quantitative estimate of drug-likeness (QED) is 0.728. The highest BCUT2D eigenvalue weighted by Crippen LogP contribution is 2.02. The molecule has 0 aromatic carbocycles. The van der Waals surface area contributed by atoms with Crippen molar-refractivity contribution in [2.75, 3.05) is 12.0 Å². The molecule has 1 aromatic rings. The summed E-state index contributed by atoms with van der Waals surface area (Å²) in [5, 5.41) is 15.5. The molecular weight excluding hydrogens is 294 g/mol. The zero-order valence-electron chi connectivity index (χ0n) is 12.0. The van der Waals surface area contributed by atoms with Gasteiger partial charge in [-0.3, -0.25) is 9.59 Å². The van der Waals surface area contributed by atoms with Gasteiger partial charge < -0.3 is 10.4 Å². The van der Waals surface area contributed by atoms with Crippen LogP contribution in [-0.4, -0.2) is 44.8 Å². The van der Waals surface area contributed by atoms with Gasteiger partial charge >= 0.3 is 5.97 Å². The monoisotopic (exact) mass is 313 g/mol. The lowest BCUT2D eigenvalue weighted by molar-refractivity contribution is -0.139. The van der Waals surface area contributed by atoms with Crippen molar-refractivity contribution in [2.45, 2.75) is 32.4 Å². The van der Waals surface area contributed by atoms with Crippen molar-refractivity contribution in [3.8, 4) is 0 Å². The maximum Gasteiger partial charge on any atom is 0.326 e. The van der Waals surface area contributed by atoms with Gasteiger partial charge in [-0.1, -0.05) is 6.92 Å². The van der Waals surface area contributed by atoms with Gasteiger partial charge in [0.25, 0.3) is 11.5 Å². The lowest BCUT2D eigenvalue weighted by Gasteiger charge is -2.14. The van der Waals surface area contributed by atoms with Gasteiger partial charge in [0.2, 0.25) is 0 Å². The Labute approximate surface area is 126 Å². The molecule has 21 heavy (non-hydrogen) atoms. The summed E-state index contributed by atoms with van der Waals surface area (Å²) in [6.45, 7) is 2.30. The molecule has 0 unspecified atom stereocenters. The predicted molar refractivity (Wildman–Crippen MR) is 80.7 cm³/mol. The van der Waals surface area contributed by atoms with E-state index in [2.05, 4.69) is 10.4 Å². The number of aliphatic carboxylic acids is 1. The summed E-state index contributed by atoms with van der Waals surface area (Å²) in [5.74, 6) is -1.05. The van der Waals surface area contributed by atoms with Crippen molar-refractivity contribution in [1.82, 2.24) is 15.1 Å². The number of carboxylic acids is 1. The van der Waals surface area contributed by atoms with Crippen LogP contribution in [0, 0.1) is 0 Å². The molecule has 0 bridgehead atoms. The fourth-order valence-corrected chi connectivity index (χ4v) is 2.14. The van der Waals surface area contributed by atoms with Gasteiger partial charge in [-0.15, -0.1) is 0 Å². The van der Waals surface area contributed by atoms with Crippen LogP contribution in [0.2, 0.25) is 0 Å². The summed E-state index contributed by atoms with van der Waals surface area (Å²) >= 11 is 1.51. The second kappa shape index (κ2) is 8.46. The predicted octanol–water partition coefficient (Wildman–Crippen LogP) is 0.589. The third-order valence-corrected chi connectivity index (χ3v) is 3.39. The van der Waals surface area contributed by atoms with Crippen LogP contribution in [0.1, 0.15) is 30.3 Å². The molecule has 0 fully saturated rings. The molecule has 0 aliphatic carbocycles. The van der Waals surface area contributed by atoms with Crippen LogP contribution in [-0.2, 0) is 11.3 Å². The lowest BCUT2D eigenvalue weighted by Crippen LogP contribution is -2.42. The number of amides is 1. The molecule has 0 aliphatic rings. The van der Waals surface area contributed by atoms with Gasteiger partial charge in [-0.05, 0) is 30.9 Å². The van der Waals surface area contributed by atoms with E-state index in [0.717, 1.165) is 0 Å². The molecule has 8 heteroatoms. The first kappa shape index (κ1) is 17.2. The number of carbonyl (C=O) groups excluding carboxylic acids is 1. The first-order chi connectivity index (χ1) is 9.99. The number of hydrogen-bond acceptors (Lipinski definition) is 5. The van der Waals surface area contributed by atoms with E-state index >= 15 is 0 Å². The zero-order chi connectivity index (χ0) is 15.8. The summed E-state index contributed by atoms with van der Waals surface area (Å²) in [5.41, 5.74) is -0.246. The molecule has 7 nitrogen and oxygen atoms in total. The Morgan fingerprint density at radius 2 is 2.19 bits per heavy atom. The molecule has 1 heterocycles. The van der Waals surface area contributed by atoms with Crippen molar-refractivity contribution in [3.05, 3.63) is 28.2 Å². The van der Waals surface area contributed by atoms with Crippen LogP contribution < -0.4 is 10.9 Å². The van der Waals surface area contributed by atoms with E-state index < -0.39 is 17.9 Å². The van der Waals surface area contributed by atoms with E-state index in [-0.39, 0.29) is 11.3 Å². The van der Waals surface area contributed by atoms with Gasteiger partial charge in [0.15, 0.2) is 0 Å². The molecule has 0 aliphatic heterocycles. The standard InChI is InChI=1S/C13H19N3O4S/c1-3-7-16-11(17)5-4-9(15-16)12(18)14-10(13(19)20)6-8-21-2/h4-5,10H,3,6-8H2,1-2H3,(H,14,18)(H,19,20)/t10-/m0/s1.